The highest BCUT2D eigenvalue weighted by atomic mass is 35.5. The SMILES string of the molecule is COC1=CC[CH]C(c2ccccc2C)=C1c1ccc(Cl)cc1. The fourth-order valence-corrected chi connectivity index (χ4v) is 2.97. The van der Waals surface area contributed by atoms with Crippen LogP contribution in [0.3, 0.4) is 0 Å². The molecule has 2 aromatic rings. The molecule has 0 unspecified atom stereocenters. The van der Waals surface area contributed by atoms with Gasteiger partial charge in [-0.2, -0.15) is 0 Å². The number of aryl methyl sites for hydroxylation is 1. The average Bonchev–Trinajstić information content (AvgIpc) is 2.55. The molecule has 0 fully saturated rings. The lowest BCUT2D eigenvalue weighted by atomic mass is 9.85. The van der Waals surface area contributed by atoms with E-state index in [2.05, 4.69) is 43.7 Å². The summed E-state index contributed by atoms with van der Waals surface area (Å²) in [6, 6.07) is 16.4. The van der Waals surface area contributed by atoms with Crippen LogP contribution in [0.25, 0.3) is 11.1 Å². The van der Waals surface area contributed by atoms with E-state index >= 15 is 0 Å². The molecular weight excluding hydrogens is 292 g/mol. The Hall–Kier alpha value is -1.99. The van der Waals surface area contributed by atoms with Gasteiger partial charge in [-0.3, -0.25) is 0 Å². The molecule has 1 radical (unpaired) electrons. The van der Waals surface area contributed by atoms with Gasteiger partial charge in [0.2, 0.25) is 0 Å². The molecule has 0 aromatic heterocycles. The summed E-state index contributed by atoms with van der Waals surface area (Å²) in [5, 5.41) is 0.740. The second kappa shape index (κ2) is 6.41. The lowest BCUT2D eigenvalue weighted by Crippen LogP contribution is -2.04. The van der Waals surface area contributed by atoms with E-state index in [9.17, 15) is 0 Å². The van der Waals surface area contributed by atoms with Crippen molar-refractivity contribution in [1.29, 1.82) is 0 Å². The van der Waals surface area contributed by atoms with E-state index in [4.69, 9.17) is 16.3 Å². The van der Waals surface area contributed by atoms with Crippen molar-refractivity contribution >= 4 is 22.7 Å². The number of hydrogen-bond donors (Lipinski definition) is 0. The zero-order valence-corrected chi connectivity index (χ0v) is 13.5. The van der Waals surface area contributed by atoms with E-state index in [0.29, 0.717) is 0 Å². The predicted octanol–water partition coefficient (Wildman–Crippen LogP) is 5.70. The predicted molar refractivity (Wildman–Crippen MR) is 93.5 cm³/mol. The van der Waals surface area contributed by atoms with Crippen molar-refractivity contribution in [2.75, 3.05) is 7.11 Å². The van der Waals surface area contributed by atoms with Crippen molar-refractivity contribution in [2.45, 2.75) is 13.3 Å². The molecule has 0 saturated carbocycles. The molecule has 0 atom stereocenters. The van der Waals surface area contributed by atoms with E-state index in [1.807, 2.05) is 24.3 Å². The molecular formula is C20H18ClO. The highest BCUT2D eigenvalue weighted by molar-refractivity contribution is 6.30. The first-order chi connectivity index (χ1) is 10.7. The summed E-state index contributed by atoms with van der Waals surface area (Å²) in [4.78, 5) is 0. The number of ether oxygens (including phenoxy) is 1. The maximum absolute atomic E-state index is 6.03. The van der Waals surface area contributed by atoms with Gasteiger partial charge in [0.25, 0.3) is 0 Å². The molecule has 22 heavy (non-hydrogen) atoms. The van der Waals surface area contributed by atoms with Crippen LogP contribution in [0.5, 0.6) is 0 Å². The van der Waals surface area contributed by atoms with Crippen molar-refractivity contribution in [2.24, 2.45) is 0 Å². The molecule has 0 heterocycles. The van der Waals surface area contributed by atoms with Crippen LogP contribution >= 0.6 is 11.6 Å². The van der Waals surface area contributed by atoms with Crippen LogP contribution in [0.4, 0.5) is 0 Å². The third-order valence-electron chi connectivity index (χ3n) is 3.93. The second-order valence-electron chi connectivity index (χ2n) is 5.32. The lowest BCUT2D eigenvalue weighted by molar-refractivity contribution is 0.309. The van der Waals surface area contributed by atoms with Gasteiger partial charge >= 0.3 is 0 Å². The average molecular weight is 310 g/mol. The first-order valence-electron chi connectivity index (χ1n) is 7.34. The van der Waals surface area contributed by atoms with Crippen LogP contribution in [0.1, 0.15) is 23.1 Å². The topological polar surface area (TPSA) is 9.23 Å². The Morgan fingerprint density at radius 1 is 1.00 bits per heavy atom. The normalized spacial score (nSPS) is 14.8. The van der Waals surface area contributed by atoms with Crippen LogP contribution in [0.15, 0.2) is 60.4 Å². The highest BCUT2D eigenvalue weighted by Crippen LogP contribution is 2.39. The van der Waals surface area contributed by atoms with E-state index < -0.39 is 0 Å². The first-order valence-corrected chi connectivity index (χ1v) is 7.72. The van der Waals surface area contributed by atoms with Crippen molar-refractivity contribution in [3.63, 3.8) is 0 Å². The Kier molecular flexibility index (Phi) is 4.35. The second-order valence-corrected chi connectivity index (χ2v) is 5.76. The third kappa shape index (κ3) is 2.82. The number of rotatable bonds is 3. The van der Waals surface area contributed by atoms with Crippen molar-refractivity contribution in [1.82, 2.24) is 0 Å². The van der Waals surface area contributed by atoms with Gasteiger partial charge in [0, 0.05) is 10.6 Å². The zero-order valence-electron chi connectivity index (χ0n) is 12.8. The smallest absolute Gasteiger partial charge is 0.123 e. The van der Waals surface area contributed by atoms with Crippen molar-refractivity contribution < 1.29 is 4.74 Å². The molecule has 2 heteroatoms. The van der Waals surface area contributed by atoms with Gasteiger partial charge < -0.3 is 4.74 Å². The number of halogens is 1. The summed E-state index contributed by atoms with van der Waals surface area (Å²) in [7, 11) is 1.72. The number of allylic oxidation sites excluding steroid dienone is 3. The summed E-state index contributed by atoms with van der Waals surface area (Å²) >= 11 is 6.03. The minimum atomic E-state index is 0.740. The Morgan fingerprint density at radius 3 is 2.41 bits per heavy atom. The van der Waals surface area contributed by atoms with Gasteiger partial charge in [-0.15, -0.1) is 0 Å². The molecule has 0 bridgehead atoms. The number of benzene rings is 2. The van der Waals surface area contributed by atoms with Crippen LogP contribution in [-0.2, 0) is 4.74 Å². The summed E-state index contributed by atoms with van der Waals surface area (Å²) in [5.41, 5.74) is 5.97. The van der Waals surface area contributed by atoms with Gasteiger partial charge in [0.1, 0.15) is 5.76 Å². The summed E-state index contributed by atoms with van der Waals surface area (Å²) in [6.45, 7) is 2.14. The van der Waals surface area contributed by atoms with Gasteiger partial charge in [-0.05, 0) is 60.2 Å². The molecule has 0 N–H and O–H groups in total. The monoisotopic (exact) mass is 309 g/mol. The lowest BCUT2D eigenvalue weighted by Gasteiger charge is -2.23. The standard InChI is InChI=1S/C20H18ClO/c1-14-6-3-4-7-17(14)18-8-5-9-19(22-2)20(18)15-10-12-16(21)13-11-15/h3-4,6-13H,5H2,1-2H3. The van der Waals surface area contributed by atoms with Crippen molar-refractivity contribution in [3.8, 4) is 0 Å². The van der Waals surface area contributed by atoms with E-state index in [0.717, 1.165) is 28.3 Å². The van der Waals surface area contributed by atoms with Crippen LogP contribution in [0, 0.1) is 13.3 Å². The zero-order chi connectivity index (χ0) is 15.5. The maximum atomic E-state index is 6.03. The van der Waals surface area contributed by atoms with Gasteiger partial charge in [-0.25, -0.2) is 0 Å². The van der Waals surface area contributed by atoms with Crippen molar-refractivity contribution in [3.05, 3.63) is 88.5 Å². The molecule has 2 aromatic carbocycles. The molecule has 3 rings (SSSR count). The quantitative estimate of drug-likeness (QED) is 0.707. The van der Waals surface area contributed by atoms with Gasteiger partial charge in [0.05, 0.1) is 7.11 Å². The minimum Gasteiger partial charge on any atom is -0.496 e. The number of methoxy groups -OCH3 is 1. The summed E-state index contributed by atoms with van der Waals surface area (Å²) in [6.07, 6.45) is 5.25. The Bertz CT molecular complexity index is 739. The highest BCUT2D eigenvalue weighted by Gasteiger charge is 2.20. The summed E-state index contributed by atoms with van der Waals surface area (Å²) in [5.74, 6) is 0.920. The van der Waals surface area contributed by atoms with E-state index in [1.165, 1.54) is 16.7 Å². The van der Waals surface area contributed by atoms with E-state index in [-0.39, 0.29) is 0 Å². The fraction of sp³-hybridized carbons (Fsp3) is 0.150. The third-order valence-corrected chi connectivity index (χ3v) is 4.18. The number of hydrogen-bond acceptors (Lipinski definition) is 1. The molecule has 0 amide bonds. The first kappa shape index (κ1) is 14.9. The van der Waals surface area contributed by atoms with E-state index in [1.54, 1.807) is 7.11 Å². The van der Waals surface area contributed by atoms with Crippen LogP contribution in [-0.4, -0.2) is 7.11 Å². The maximum Gasteiger partial charge on any atom is 0.123 e. The molecule has 111 valence electrons. The van der Waals surface area contributed by atoms with Crippen LogP contribution in [0.2, 0.25) is 5.02 Å². The molecule has 0 spiro atoms. The fourth-order valence-electron chi connectivity index (χ4n) is 2.84. The molecule has 0 aliphatic heterocycles. The Morgan fingerprint density at radius 2 is 1.73 bits per heavy atom. The largest absolute Gasteiger partial charge is 0.496 e. The molecule has 1 aliphatic rings. The molecule has 1 aliphatic carbocycles. The Labute approximate surface area is 136 Å². The van der Waals surface area contributed by atoms with Gasteiger partial charge in [-0.1, -0.05) is 48.0 Å². The van der Waals surface area contributed by atoms with Gasteiger partial charge in [0.15, 0.2) is 0 Å². The molecule has 0 saturated heterocycles. The van der Waals surface area contributed by atoms with Crippen LogP contribution < -0.4 is 0 Å². The molecule has 1 nitrogen and oxygen atoms in total. The Balaban J connectivity index is 2.22. The summed E-state index contributed by atoms with van der Waals surface area (Å²) < 4.78 is 5.63. The minimum absolute atomic E-state index is 0.740.